The third-order valence-electron chi connectivity index (χ3n) is 2.59. The Balaban J connectivity index is 4.18. The van der Waals surface area contributed by atoms with Crippen molar-refractivity contribution in [2.24, 2.45) is 0 Å². The Morgan fingerprint density at radius 1 is 1.07 bits per heavy atom. The molecule has 0 spiro atoms. The predicted octanol–water partition coefficient (Wildman–Crippen LogP) is 5.65. The minimum absolute atomic E-state index is 0.411. The van der Waals surface area contributed by atoms with Gasteiger partial charge < -0.3 is 0 Å². The highest BCUT2D eigenvalue weighted by Gasteiger charge is 1.95. The largest absolute Gasteiger partial charge is 0.0917 e. The molecular weight excluding hydrogens is 180 g/mol. The van der Waals surface area contributed by atoms with Gasteiger partial charge in [-0.25, -0.2) is 0 Å². The van der Waals surface area contributed by atoms with Crippen LogP contribution in [-0.4, -0.2) is 0 Å². The Hall–Kier alpha value is -0.520. The Morgan fingerprint density at radius 3 is 2.40 bits per heavy atom. The van der Waals surface area contributed by atoms with Crippen molar-refractivity contribution in [1.29, 1.82) is 0 Å². The molecular formula is C15H28. The summed E-state index contributed by atoms with van der Waals surface area (Å²) < 4.78 is 15.1. The van der Waals surface area contributed by atoms with Crippen LogP contribution in [0.5, 0.6) is 0 Å². The Labute approximate surface area is 99.3 Å². The standard InChI is InChI=1S/C15H28/c1-4-7-10-13-15(12-9-6-3)14-11-8-5-2/h4,7,14H,5-6,8-13H2,1-3H3/b7-4-,15-14+/i4D,7D. The van der Waals surface area contributed by atoms with Crippen molar-refractivity contribution in [3.8, 4) is 0 Å². The molecule has 0 unspecified atom stereocenters. The fraction of sp³-hybridized carbons (Fsp3) is 0.733. The van der Waals surface area contributed by atoms with Crippen LogP contribution in [0.15, 0.2) is 23.8 Å². The first-order chi connectivity index (χ1) is 8.11. The zero-order valence-corrected chi connectivity index (χ0v) is 10.7. The summed E-state index contributed by atoms with van der Waals surface area (Å²) in [5, 5.41) is 0. The number of hydrogen-bond donors (Lipinski definition) is 0. The number of hydrogen-bond acceptors (Lipinski definition) is 0. The van der Waals surface area contributed by atoms with E-state index in [1.54, 1.807) is 6.92 Å². The Morgan fingerprint density at radius 2 is 1.80 bits per heavy atom. The van der Waals surface area contributed by atoms with E-state index in [-0.39, 0.29) is 0 Å². The van der Waals surface area contributed by atoms with Gasteiger partial charge in [0.25, 0.3) is 0 Å². The van der Waals surface area contributed by atoms with Crippen molar-refractivity contribution in [2.75, 3.05) is 0 Å². The molecule has 0 radical (unpaired) electrons. The third kappa shape index (κ3) is 9.78. The highest BCUT2D eigenvalue weighted by molar-refractivity contribution is 5.03. The van der Waals surface area contributed by atoms with Gasteiger partial charge in [0.05, 0.1) is 2.74 Å². The normalized spacial score (nSPS) is 15.8. The molecule has 0 bridgehead atoms. The minimum Gasteiger partial charge on any atom is -0.0917 e. The van der Waals surface area contributed by atoms with Crippen LogP contribution in [0.1, 0.15) is 74.9 Å². The Kier molecular flexibility index (Phi) is 8.46. The fourth-order valence-electron chi connectivity index (χ4n) is 1.59. The van der Waals surface area contributed by atoms with Gasteiger partial charge in [-0.1, -0.05) is 56.9 Å². The van der Waals surface area contributed by atoms with Gasteiger partial charge in [-0.3, -0.25) is 0 Å². The van der Waals surface area contributed by atoms with E-state index in [1.807, 2.05) is 0 Å². The van der Waals surface area contributed by atoms with Crippen molar-refractivity contribution < 1.29 is 2.74 Å². The highest BCUT2D eigenvalue weighted by Crippen LogP contribution is 2.15. The maximum absolute atomic E-state index is 7.68. The van der Waals surface area contributed by atoms with E-state index in [9.17, 15) is 0 Å². The van der Waals surface area contributed by atoms with E-state index >= 15 is 0 Å². The van der Waals surface area contributed by atoms with E-state index in [2.05, 4.69) is 19.9 Å². The molecule has 0 fully saturated rings. The minimum atomic E-state index is 0.411. The maximum Gasteiger partial charge on any atom is 0.0572 e. The molecule has 0 aliphatic rings. The smallest absolute Gasteiger partial charge is 0.0572 e. The van der Waals surface area contributed by atoms with Crippen LogP contribution >= 0.6 is 0 Å². The summed E-state index contributed by atoms with van der Waals surface area (Å²) in [6.45, 7) is 6.13. The van der Waals surface area contributed by atoms with Gasteiger partial charge in [-0.15, -0.1) is 0 Å². The van der Waals surface area contributed by atoms with Crippen LogP contribution in [0.4, 0.5) is 0 Å². The number of allylic oxidation sites excluding steroid dienone is 4. The first-order valence-corrected chi connectivity index (χ1v) is 6.42. The van der Waals surface area contributed by atoms with Crippen LogP contribution in [0.3, 0.4) is 0 Å². The maximum atomic E-state index is 7.68. The van der Waals surface area contributed by atoms with Gasteiger partial charge in [-0.05, 0) is 39.0 Å². The van der Waals surface area contributed by atoms with Crippen LogP contribution in [0.25, 0.3) is 0 Å². The molecule has 0 saturated carbocycles. The average molecular weight is 210 g/mol. The van der Waals surface area contributed by atoms with Crippen LogP contribution in [-0.2, 0) is 0 Å². The lowest BCUT2D eigenvalue weighted by Crippen LogP contribution is -1.85. The van der Waals surface area contributed by atoms with Gasteiger partial charge >= 0.3 is 0 Å². The predicted molar refractivity (Wildman–Crippen MR) is 71.2 cm³/mol. The summed E-state index contributed by atoms with van der Waals surface area (Å²) in [5.74, 6) is 0. The van der Waals surface area contributed by atoms with Crippen LogP contribution in [0, 0.1) is 0 Å². The summed E-state index contributed by atoms with van der Waals surface area (Å²) in [6, 6.07) is 0.899. The van der Waals surface area contributed by atoms with Gasteiger partial charge in [0.15, 0.2) is 0 Å². The van der Waals surface area contributed by atoms with Crippen molar-refractivity contribution in [3.63, 3.8) is 0 Å². The fourth-order valence-corrected chi connectivity index (χ4v) is 1.59. The monoisotopic (exact) mass is 210 g/mol. The molecule has 88 valence electrons. The summed E-state index contributed by atoms with van der Waals surface area (Å²) in [7, 11) is 0. The molecule has 0 amide bonds. The summed E-state index contributed by atoms with van der Waals surface area (Å²) in [4.78, 5) is 0. The quantitative estimate of drug-likeness (QED) is 0.341. The molecule has 15 heavy (non-hydrogen) atoms. The summed E-state index contributed by atoms with van der Waals surface area (Å²) in [6.07, 6.45) is 11.4. The molecule has 0 aliphatic heterocycles. The second-order valence-electron chi connectivity index (χ2n) is 4.03. The van der Waals surface area contributed by atoms with E-state index in [0.29, 0.717) is 12.1 Å². The topological polar surface area (TPSA) is 0 Å². The zero-order chi connectivity index (χ0) is 13.1. The molecule has 0 N–H and O–H groups in total. The lowest BCUT2D eigenvalue weighted by atomic mass is 10.0. The molecule has 0 aromatic carbocycles. The van der Waals surface area contributed by atoms with Gasteiger partial charge in [0, 0.05) is 0 Å². The van der Waals surface area contributed by atoms with Gasteiger partial charge in [-0.2, -0.15) is 0 Å². The Bertz CT molecular complexity index is 248. The van der Waals surface area contributed by atoms with E-state index in [1.165, 1.54) is 44.1 Å². The lowest BCUT2D eigenvalue weighted by Gasteiger charge is -2.05. The number of unbranched alkanes of at least 4 members (excludes halogenated alkanes) is 3. The van der Waals surface area contributed by atoms with E-state index in [4.69, 9.17) is 2.74 Å². The molecule has 0 rings (SSSR count). The lowest BCUT2D eigenvalue weighted by molar-refractivity contribution is 0.738. The van der Waals surface area contributed by atoms with E-state index in [0.717, 1.165) is 12.8 Å². The molecule has 0 saturated heterocycles. The molecule has 0 atom stereocenters. The number of rotatable bonds is 9. The average Bonchev–Trinajstić information content (AvgIpc) is 2.31. The van der Waals surface area contributed by atoms with Crippen LogP contribution < -0.4 is 0 Å². The molecule has 0 aliphatic carbocycles. The second-order valence-corrected chi connectivity index (χ2v) is 4.03. The zero-order valence-electron chi connectivity index (χ0n) is 12.7. The van der Waals surface area contributed by atoms with Crippen molar-refractivity contribution in [1.82, 2.24) is 0 Å². The molecule has 0 nitrogen and oxygen atoms in total. The first kappa shape index (κ1) is 11.0. The first-order valence-electron chi connectivity index (χ1n) is 7.42. The van der Waals surface area contributed by atoms with Gasteiger partial charge in [0.2, 0.25) is 0 Å². The molecule has 0 heterocycles. The molecule has 0 aromatic heterocycles. The van der Waals surface area contributed by atoms with Crippen molar-refractivity contribution in [3.05, 3.63) is 23.8 Å². The van der Waals surface area contributed by atoms with E-state index < -0.39 is 0 Å². The van der Waals surface area contributed by atoms with Crippen LogP contribution in [0.2, 0.25) is 0 Å². The summed E-state index contributed by atoms with van der Waals surface area (Å²) >= 11 is 0. The van der Waals surface area contributed by atoms with Crippen molar-refractivity contribution >= 4 is 0 Å². The molecule has 0 aromatic rings. The SMILES string of the molecule is [2H]/C(C)=C(\[2H])CC/C(=C/CCCC)CCCC. The summed E-state index contributed by atoms with van der Waals surface area (Å²) in [5.41, 5.74) is 1.49. The van der Waals surface area contributed by atoms with Crippen molar-refractivity contribution in [2.45, 2.75) is 72.1 Å². The second kappa shape index (κ2) is 11.6. The molecule has 0 heteroatoms. The highest BCUT2D eigenvalue weighted by atomic mass is 14.0. The van der Waals surface area contributed by atoms with Gasteiger partial charge in [0.1, 0.15) is 0 Å². The third-order valence-corrected chi connectivity index (χ3v) is 2.59.